The number of rotatable bonds is 3. The Bertz CT molecular complexity index is 3200. The van der Waals surface area contributed by atoms with Crippen molar-refractivity contribution < 1.29 is 0 Å². The lowest BCUT2D eigenvalue weighted by Crippen LogP contribution is -2.64. The van der Waals surface area contributed by atoms with Crippen molar-refractivity contribution in [2.24, 2.45) is 0 Å². The zero-order valence-corrected chi connectivity index (χ0v) is 41.1. The standard InChI is InChI=1S/C63H64BN3/c1-58(2,3)43-30-31-52-48(36-43)63(42-23-12-10-13-24-42)34-21-20-33-61(63,8)66(52)46-39-54-56-55(40-46)67-57-49(60(7)35-32-41-22-16-17-27-47(41)62(60,67)9)37-44(59(4,5)6)38-51(57)64(56)50-28-18-19-29-53(50)65(54)45-25-14-11-15-26-45/h10-19,22-31,36-40H,20-21,32-35H2,1-9H3. The van der Waals surface area contributed by atoms with Gasteiger partial charge in [0.25, 0.3) is 6.71 Å². The van der Waals surface area contributed by atoms with Gasteiger partial charge in [0.1, 0.15) is 0 Å². The van der Waals surface area contributed by atoms with Gasteiger partial charge in [0.15, 0.2) is 0 Å². The molecule has 0 spiro atoms. The van der Waals surface area contributed by atoms with Crippen molar-refractivity contribution in [3.8, 4) is 0 Å². The largest absolute Gasteiger partial charge is 0.334 e. The van der Waals surface area contributed by atoms with E-state index in [1.165, 1.54) is 108 Å². The third kappa shape index (κ3) is 5.15. The first-order valence-electron chi connectivity index (χ1n) is 25.3. The Kier molecular flexibility index (Phi) is 8.36. The highest BCUT2D eigenvalue weighted by atomic mass is 15.3. The maximum absolute atomic E-state index is 2.91. The maximum atomic E-state index is 2.91. The van der Waals surface area contributed by atoms with Crippen molar-refractivity contribution in [1.29, 1.82) is 0 Å². The summed E-state index contributed by atoms with van der Waals surface area (Å²) in [6, 6.07) is 59.8. The highest BCUT2D eigenvalue weighted by molar-refractivity contribution is 7.00. The summed E-state index contributed by atoms with van der Waals surface area (Å²) in [7, 11) is 0. The summed E-state index contributed by atoms with van der Waals surface area (Å²) in [6.45, 7) is 22.3. The topological polar surface area (TPSA) is 9.72 Å². The fourth-order valence-corrected chi connectivity index (χ4v) is 14.9. The fraction of sp³-hybridized carbons (Fsp3) is 0.333. The van der Waals surface area contributed by atoms with Crippen LogP contribution in [-0.4, -0.2) is 12.3 Å². The quantitative estimate of drug-likeness (QED) is 0.164. The van der Waals surface area contributed by atoms with Crippen LogP contribution in [0, 0.1) is 0 Å². The lowest BCUT2D eigenvalue weighted by Gasteiger charge is -2.54. The molecule has 67 heavy (non-hydrogen) atoms. The number of nitrogens with zero attached hydrogens (tertiary/aromatic N) is 3. The lowest BCUT2D eigenvalue weighted by molar-refractivity contribution is 0.215. The van der Waals surface area contributed by atoms with Crippen molar-refractivity contribution in [2.45, 2.75) is 134 Å². The van der Waals surface area contributed by atoms with E-state index in [1.54, 1.807) is 0 Å². The van der Waals surface area contributed by atoms with E-state index in [0.717, 1.165) is 25.7 Å². The third-order valence-electron chi connectivity index (χ3n) is 18.5. The molecule has 7 aromatic carbocycles. The molecule has 4 heterocycles. The van der Waals surface area contributed by atoms with E-state index < -0.39 is 0 Å². The van der Waals surface area contributed by atoms with Crippen molar-refractivity contribution in [3.63, 3.8) is 0 Å². The molecule has 0 radical (unpaired) electrons. The van der Waals surface area contributed by atoms with E-state index >= 15 is 0 Å². The van der Waals surface area contributed by atoms with Crippen LogP contribution in [0.15, 0.2) is 152 Å². The van der Waals surface area contributed by atoms with Crippen molar-refractivity contribution in [1.82, 2.24) is 0 Å². The van der Waals surface area contributed by atoms with Gasteiger partial charge in [-0.3, -0.25) is 0 Å². The Morgan fingerprint density at radius 1 is 0.493 bits per heavy atom. The normalized spacial score (nSPS) is 25.1. The second kappa shape index (κ2) is 13.6. The monoisotopic (exact) mass is 874 g/mol. The second-order valence-corrected chi connectivity index (χ2v) is 23.7. The summed E-state index contributed by atoms with van der Waals surface area (Å²) in [6.07, 6.45) is 6.84. The number of para-hydroxylation sites is 2. The molecule has 6 aliphatic rings. The molecule has 334 valence electrons. The maximum Gasteiger partial charge on any atom is 0.252 e. The van der Waals surface area contributed by atoms with Gasteiger partial charge in [0.2, 0.25) is 0 Å². The van der Waals surface area contributed by atoms with E-state index in [4.69, 9.17) is 0 Å². The SMILES string of the molecule is CC(C)(C)c1cc2c3c(c1)C1(C)CCc4ccccc4C1(C)N3c1cc(N3c4ccc(C(C)(C)C)cc4C4(c5ccccc5)CCCCC34C)cc3c1B2c1ccccc1N3c1ccccc1. The van der Waals surface area contributed by atoms with Gasteiger partial charge in [-0.05, 0) is 142 Å². The second-order valence-electron chi connectivity index (χ2n) is 23.7. The smallest absolute Gasteiger partial charge is 0.252 e. The van der Waals surface area contributed by atoms with E-state index in [-0.39, 0.29) is 39.5 Å². The van der Waals surface area contributed by atoms with Crippen LogP contribution in [0.5, 0.6) is 0 Å². The number of anilines is 7. The van der Waals surface area contributed by atoms with Gasteiger partial charge in [-0.1, -0.05) is 177 Å². The molecule has 0 amide bonds. The predicted octanol–water partition coefficient (Wildman–Crippen LogP) is 13.9. The summed E-state index contributed by atoms with van der Waals surface area (Å²) < 4.78 is 0. The molecule has 0 aromatic heterocycles. The predicted molar refractivity (Wildman–Crippen MR) is 284 cm³/mol. The summed E-state index contributed by atoms with van der Waals surface area (Å²) >= 11 is 0. The molecule has 13 rings (SSSR count). The van der Waals surface area contributed by atoms with Crippen molar-refractivity contribution >= 4 is 62.9 Å². The number of hydrogen-bond donors (Lipinski definition) is 0. The van der Waals surface area contributed by atoms with Crippen LogP contribution in [0.2, 0.25) is 0 Å². The minimum absolute atomic E-state index is 0.0199. The molecular weight excluding hydrogens is 810 g/mol. The molecule has 0 N–H and O–H groups in total. The van der Waals surface area contributed by atoms with Crippen LogP contribution in [0.3, 0.4) is 0 Å². The number of hydrogen-bond acceptors (Lipinski definition) is 3. The highest BCUT2D eigenvalue weighted by Gasteiger charge is 2.65. The lowest BCUT2D eigenvalue weighted by atomic mass is 9.33. The molecule has 4 atom stereocenters. The minimum atomic E-state index is -0.339. The molecular formula is C63H64BN3. The number of benzene rings is 7. The van der Waals surface area contributed by atoms with E-state index in [1.807, 2.05) is 0 Å². The fourth-order valence-electron chi connectivity index (χ4n) is 14.9. The third-order valence-corrected chi connectivity index (χ3v) is 18.5. The molecule has 0 bridgehead atoms. The molecule has 1 fully saturated rings. The molecule has 0 saturated heterocycles. The van der Waals surface area contributed by atoms with Crippen LogP contribution >= 0.6 is 0 Å². The first-order chi connectivity index (χ1) is 32.1. The average Bonchev–Trinajstić information content (AvgIpc) is 3.69. The zero-order valence-electron chi connectivity index (χ0n) is 41.1. The average molecular weight is 874 g/mol. The summed E-state index contributed by atoms with van der Waals surface area (Å²) in [5, 5.41) is 0. The molecule has 7 aromatic rings. The minimum Gasteiger partial charge on any atom is -0.334 e. The Morgan fingerprint density at radius 3 is 1.91 bits per heavy atom. The summed E-state index contributed by atoms with van der Waals surface area (Å²) in [5.41, 5.74) is 22.9. The van der Waals surface area contributed by atoms with Crippen LogP contribution < -0.4 is 31.1 Å². The van der Waals surface area contributed by atoms with Gasteiger partial charge in [0, 0.05) is 50.6 Å². The van der Waals surface area contributed by atoms with Gasteiger partial charge in [-0.15, -0.1) is 0 Å². The van der Waals surface area contributed by atoms with Crippen LogP contribution in [-0.2, 0) is 33.6 Å². The highest BCUT2D eigenvalue weighted by Crippen LogP contribution is 2.67. The Morgan fingerprint density at radius 2 is 1.15 bits per heavy atom. The first-order valence-corrected chi connectivity index (χ1v) is 25.3. The van der Waals surface area contributed by atoms with E-state index in [2.05, 4.69) is 229 Å². The van der Waals surface area contributed by atoms with Gasteiger partial charge in [-0.25, -0.2) is 0 Å². The Balaban J connectivity index is 1.18. The number of aryl methyl sites for hydroxylation is 1. The molecule has 1 saturated carbocycles. The van der Waals surface area contributed by atoms with Gasteiger partial charge in [-0.2, -0.15) is 0 Å². The molecule has 4 heteroatoms. The molecule has 3 nitrogen and oxygen atoms in total. The molecule has 4 aliphatic heterocycles. The van der Waals surface area contributed by atoms with Gasteiger partial charge >= 0.3 is 0 Å². The molecule has 4 unspecified atom stereocenters. The summed E-state index contributed by atoms with van der Waals surface area (Å²) in [4.78, 5) is 8.39. The van der Waals surface area contributed by atoms with Gasteiger partial charge < -0.3 is 14.7 Å². The van der Waals surface area contributed by atoms with Crippen molar-refractivity contribution in [2.75, 3.05) is 14.7 Å². The van der Waals surface area contributed by atoms with E-state index in [9.17, 15) is 0 Å². The van der Waals surface area contributed by atoms with Gasteiger partial charge in [0.05, 0.1) is 11.1 Å². The summed E-state index contributed by atoms with van der Waals surface area (Å²) in [5.74, 6) is 0. The Hall–Kier alpha value is -6.00. The molecule has 2 aliphatic carbocycles. The zero-order chi connectivity index (χ0) is 46.0. The van der Waals surface area contributed by atoms with Crippen molar-refractivity contribution in [3.05, 3.63) is 191 Å². The van der Waals surface area contributed by atoms with E-state index in [0.29, 0.717) is 0 Å². The Labute approximate surface area is 400 Å². The van der Waals surface area contributed by atoms with Crippen LogP contribution in [0.4, 0.5) is 39.8 Å². The van der Waals surface area contributed by atoms with Crippen LogP contribution in [0.1, 0.15) is 133 Å². The first kappa shape index (κ1) is 41.2. The van der Waals surface area contributed by atoms with Crippen LogP contribution in [0.25, 0.3) is 0 Å². The number of fused-ring (bicyclic) bond motifs is 12.